The number of fused-ring (bicyclic) bond motifs is 2. The van der Waals surface area contributed by atoms with Gasteiger partial charge >= 0.3 is 0 Å². The highest BCUT2D eigenvalue weighted by atomic mass is 79.9. The van der Waals surface area contributed by atoms with Crippen LogP contribution in [0.3, 0.4) is 0 Å². The zero-order valence-electron chi connectivity index (χ0n) is 13.2. The Bertz CT molecular complexity index is 972. The van der Waals surface area contributed by atoms with E-state index >= 15 is 0 Å². The summed E-state index contributed by atoms with van der Waals surface area (Å²) in [6, 6.07) is 12.3. The van der Waals surface area contributed by atoms with E-state index in [4.69, 9.17) is 14.3 Å². The normalized spacial score (nSPS) is 23.1. The largest absolute Gasteiger partial charge is 0.454 e. The van der Waals surface area contributed by atoms with Crippen molar-refractivity contribution in [1.82, 2.24) is 0 Å². The minimum Gasteiger partial charge on any atom is -0.454 e. The fourth-order valence-corrected chi connectivity index (χ4v) is 3.58. The molecule has 8 heteroatoms. The molecule has 2 unspecified atom stereocenters. The molecule has 130 valence electrons. The first-order chi connectivity index (χ1) is 12.6. The van der Waals surface area contributed by atoms with Gasteiger partial charge in [0.2, 0.25) is 18.8 Å². The van der Waals surface area contributed by atoms with Crippen molar-refractivity contribution in [2.24, 2.45) is 11.1 Å². The van der Waals surface area contributed by atoms with Crippen LogP contribution in [0.1, 0.15) is 5.56 Å². The van der Waals surface area contributed by atoms with Crippen molar-refractivity contribution in [1.29, 1.82) is 0 Å². The van der Waals surface area contributed by atoms with Crippen LogP contribution in [0.15, 0.2) is 52.1 Å². The molecule has 0 N–H and O–H groups in total. The molecule has 5 rings (SSSR count). The van der Waals surface area contributed by atoms with Gasteiger partial charge in [-0.05, 0) is 24.3 Å². The predicted octanol–water partition coefficient (Wildman–Crippen LogP) is 2.47. The zero-order chi connectivity index (χ0) is 17.8. The molecule has 2 aromatic carbocycles. The maximum absolute atomic E-state index is 13.0. The van der Waals surface area contributed by atoms with Crippen molar-refractivity contribution in [3.63, 3.8) is 0 Å². The van der Waals surface area contributed by atoms with E-state index in [0.717, 1.165) is 14.9 Å². The number of imide groups is 1. The van der Waals surface area contributed by atoms with Crippen LogP contribution in [0, 0.1) is 5.92 Å². The third-order valence-corrected chi connectivity index (χ3v) is 5.10. The van der Waals surface area contributed by atoms with Crippen LogP contribution in [-0.2, 0) is 14.4 Å². The Morgan fingerprint density at radius 1 is 1.00 bits per heavy atom. The number of hydrogen-bond donors (Lipinski definition) is 0. The maximum atomic E-state index is 13.0. The van der Waals surface area contributed by atoms with Gasteiger partial charge in [0.05, 0.1) is 5.69 Å². The summed E-state index contributed by atoms with van der Waals surface area (Å²) in [5.41, 5.74) is 1.64. The number of benzene rings is 2. The average Bonchev–Trinajstić information content (AvgIpc) is 3.33. The molecule has 3 heterocycles. The molecule has 1 saturated heterocycles. The number of rotatable bonds is 2. The van der Waals surface area contributed by atoms with E-state index in [0.29, 0.717) is 22.9 Å². The summed E-state index contributed by atoms with van der Waals surface area (Å²) in [4.78, 5) is 32.2. The van der Waals surface area contributed by atoms with Crippen molar-refractivity contribution in [3.05, 3.63) is 52.5 Å². The summed E-state index contributed by atoms with van der Waals surface area (Å²) in [5.74, 6) is -0.467. The monoisotopic (exact) mass is 414 g/mol. The molecule has 0 spiro atoms. The van der Waals surface area contributed by atoms with Crippen LogP contribution < -0.4 is 14.4 Å². The fourth-order valence-electron chi connectivity index (χ4n) is 3.32. The number of carbonyl (C=O) groups is 2. The smallest absolute Gasteiger partial charge is 0.278 e. The van der Waals surface area contributed by atoms with Gasteiger partial charge in [0.15, 0.2) is 11.5 Å². The molecular weight excluding hydrogens is 404 g/mol. The number of ether oxygens (including phenoxy) is 2. The quantitative estimate of drug-likeness (QED) is 0.705. The van der Waals surface area contributed by atoms with E-state index in [1.165, 1.54) is 0 Å². The molecule has 2 atom stereocenters. The summed E-state index contributed by atoms with van der Waals surface area (Å²) in [6.07, 6.45) is -0.938. The van der Waals surface area contributed by atoms with Crippen LogP contribution in [0.4, 0.5) is 5.69 Å². The summed E-state index contributed by atoms with van der Waals surface area (Å²) >= 11 is 3.37. The topological polar surface area (TPSA) is 77.4 Å². The second kappa shape index (κ2) is 5.57. The van der Waals surface area contributed by atoms with Gasteiger partial charge in [-0.2, -0.15) is 0 Å². The summed E-state index contributed by atoms with van der Waals surface area (Å²) in [7, 11) is 0. The lowest BCUT2D eigenvalue weighted by Crippen LogP contribution is -2.33. The number of anilines is 1. The van der Waals surface area contributed by atoms with Crippen molar-refractivity contribution in [2.75, 3.05) is 11.7 Å². The molecular formula is C18H11BrN2O5. The molecule has 0 aromatic heterocycles. The van der Waals surface area contributed by atoms with Gasteiger partial charge in [0.25, 0.3) is 5.91 Å². The molecule has 0 radical (unpaired) electrons. The van der Waals surface area contributed by atoms with Crippen molar-refractivity contribution in [2.45, 2.75) is 6.10 Å². The van der Waals surface area contributed by atoms with Gasteiger partial charge in [-0.25, -0.2) is 4.90 Å². The molecule has 3 aliphatic heterocycles. The van der Waals surface area contributed by atoms with Crippen LogP contribution in [0.2, 0.25) is 0 Å². The first kappa shape index (κ1) is 15.4. The lowest BCUT2D eigenvalue weighted by atomic mass is 9.94. The van der Waals surface area contributed by atoms with Gasteiger partial charge in [0.1, 0.15) is 11.6 Å². The fraction of sp³-hybridized carbons (Fsp3) is 0.167. The number of nitrogens with zero attached hydrogens (tertiary/aromatic N) is 2. The van der Waals surface area contributed by atoms with Gasteiger partial charge < -0.3 is 14.3 Å². The molecule has 0 aliphatic carbocycles. The Kier molecular flexibility index (Phi) is 3.30. The number of carbonyl (C=O) groups excluding carboxylic acids is 2. The lowest BCUT2D eigenvalue weighted by Gasteiger charge is -2.15. The average molecular weight is 415 g/mol. The van der Waals surface area contributed by atoms with Gasteiger partial charge in [-0.1, -0.05) is 33.2 Å². The van der Waals surface area contributed by atoms with Crippen molar-refractivity contribution >= 4 is 39.1 Å². The van der Waals surface area contributed by atoms with E-state index in [-0.39, 0.29) is 12.7 Å². The Labute approximate surface area is 156 Å². The third kappa shape index (κ3) is 2.15. The highest BCUT2D eigenvalue weighted by Gasteiger charge is 2.56. The SMILES string of the molecule is O=C1C2ON=C(c3ccc(Br)cc3)C2C(=O)N1c1ccc2c(c1)OCO2. The predicted molar refractivity (Wildman–Crippen MR) is 94.1 cm³/mol. The minimum atomic E-state index is -0.938. The van der Waals surface area contributed by atoms with E-state index in [1.807, 2.05) is 24.3 Å². The van der Waals surface area contributed by atoms with Gasteiger partial charge in [0, 0.05) is 16.1 Å². The van der Waals surface area contributed by atoms with Crippen molar-refractivity contribution < 1.29 is 23.9 Å². The first-order valence-electron chi connectivity index (χ1n) is 7.90. The molecule has 0 bridgehead atoms. The maximum Gasteiger partial charge on any atom is 0.278 e. The van der Waals surface area contributed by atoms with E-state index < -0.39 is 17.9 Å². The van der Waals surface area contributed by atoms with Crippen LogP contribution in [0.5, 0.6) is 11.5 Å². The second-order valence-corrected chi connectivity index (χ2v) is 6.95. The van der Waals surface area contributed by atoms with Gasteiger partial charge in [-0.15, -0.1) is 0 Å². The highest BCUT2D eigenvalue weighted by Crippen LogP contribution is 2.40. The molecule has 2 amide bonds. The molecule has 7 nitrogen and oxygen atoms in total. The number of halogens is 1. The second-order valence-electron chi connectivity index (χ2n) is 6.04. The third-order valence-electron chi connectivity index (χ3n) is 4.57. The molecule has 1 fully saturated rings. The number of oxime groups is 1. The van der Waals surface area contributed by atoms with Crippen LogP contribution in [-0.4, -0.2) is 30.4 Å². The van der Waals surface area contributed by atoms with E-state index in [9.17, 15) is 9.59 Å². The minimum absolute atomic E-state index is 0.120. The Morgan fingerprint density at radius 3 is 2.58 bits per heavy atom. The molecule has 0 saturated carbocycles. The van der Waals surface area contributed by atoms with Crippen LogP contribution >= 0.6 is 15.9 Å². The summed E-state index contributed by atoms with van der Waals surface area (Å²) in [5, 5.41) is 4.00. The highest BCUT2D eigenvalue weighted by molar-refractivity contribution is 9.10. The summed E-state index contributed by atoms with van der Waals surface area (Å²) < 4.78 is 11.5. The first-order valence-corrected chi connectivity index (χ1v) is 8.70. The Hall–Kier alpha value is -2.87. The Balaban J connectivity index is 1.50. The van der Waals surface area contributed by atoms with E-state index in [1.54, 1.807) is 18.2 Å². The van der Waals surface area contributed by atoms with Crippen molar-refractivity contribution in [3.8, 4) is 11.5 Å². The molecule has 3 aliphatic rings. The van der Waals surface area contributed by atoms with Gasteiger partial charge in [-0.3, -0.25) is 9.59 Å². The molecule has 26 heavy (non-hydrogen) atoms. The lowest BCUT2D eigenvalue weighted by molar-refractivity contribution is -0.126. The molecule has 2 aromatic rings. The number of hydrogen-bond acceptors (Lipinski definition) is 6. The summed E-state index contributed by atoms with van der Waals surface area (Å²) in [6.45, 7) is 0.120. The van der Waals surface area contributed by atoms with Crippen LogP contribution in [0.25, 0.3) is 0 Å². The Morgan fingerprint density at radius 2 is 1.77 bits per heavy atom. The zero-order valence-corrected chi connectivity index (χ0v) is 14.8. The van der Waals surface area contributed by atoms with E-state index in [2.05, 4.69) is 21.1 Å². The standard InChI is InChI=1S/C18H11BrN2O5/c19-10-3-1-9(2-4-10)15-14-16(26-20-15)18(23)21(17(14)22)11-5-6-12-13(7-11)25-8-24-12/h1-7,14,16H,8H2. The number of amides is 2.